The van der Waals surface area contributed by atoms with E-state index in [1.54, 1.807) is 6.07 Å². The molecule has 2 heterocycles. The van der Waals surface area contributed by atoms with Gasteiger partial charge < -0.3 is 9.15 Å². The molecule has 2 aromatic rings. The van der Waals surface area contributed by atoms with Crippen molar-refractivity contribution in [2.24, 2.45) is 0 Å². The van der Waals surface area contributed by atoms with E-state index in [2.05, 4.69) is 45.6 Å². The summed E-state index contributed by atoms with van der Waals surface area (Å²) in [5.41, 5.74) is 3.94. The monoisotopic (exact) mass is 329 g/mol. The fourth-order valence-corrected chi connectivity index (χ4v) is 3.80. The largest absolute Gasteiger partial charge is 0.423 e. The standard InChI is InChI=1S/C20H27NO3/c1-12(2)17-8-18-16(7-20(22)24-19(18)6-13(17)3)11-21-9-14(4)23-15(5)10-21/h6-8,12,14-15H,9-11H2,1-5H3/t14-,15+. The second-order valence-corrected chi connectivity index (χ2v) is 7.40. The molecule has 3 rings (SSSR count). The van der Waals surface area contributed by atoms with Gasteiger partial charge in [-0.25, -0.2) is 4.79 Å². The van der Waals surface area contributed by atoms with Crippen molar-refractivity contribution in [3.8, 4) is 0 Å². The van der Waals surface area contributed by atoms with Gasteiger partial charge in [0.25, 0.3) is 0 Å². The zero-order valence-corrected chi connectivity index (χ0v) is 15.3. The fourth-order valence-electron chi connectivity index (χ4n) is 3.80. The molecule has 1 fully saturated rings. The lowest BCUT2D eigenvalue weighted by Crippen LogP contribution is -2.44. The lowest BCUT2D eigenvalue weighted by Gasteiger charge is -2.35. The fraction of sp³-hybridized carbons (Fsp3) is 0.550. The summed E-state index contributed by atoms with van der Waals surface area (Å²) in [5.74, 6) is 0.442. The van der Waals surface area contributed by atoms with E-state index >= 15 is 0 Å². The van der Waals surface area contributed by atoms with Crippen molar-refractivity contribution in [3.63, 3.8) is 0 Å². The molecule has 1 saturated heterocycles. The number of fused-ring (bicyclic) bond motifs is 1. The van der Waals surface area contributed by atoms with E-state index in [9.17, 15) is 4.79 Å². The number of hydrogen-bond acceptors (Lipinski definition) is 4. The molecule has 0 unspecified atom stereocenters. The predicted octanol–water partition coefficient (Wildman–Crippen LogP) is 3.83. The third kappa shape index (κ3) is 3.55. The minimum absolute atomic E-state index is 0.216. The lowest BCUT2D eigenvalue weighted by molar-refractivity contribution is -0.0704. The van der Waals surface area contributed by atoms with Crippen molar-refractivity contribution < 1.29 is 9.15 Å². The van der Waals surface area contributed by atoms with Gasteiger partial charge in [-0.2, -0.15) is 0 Å². The molecular formula is C20H27NO3. The van der Waals surface area contributed by atoms with Crippen LogP contribution < -0.4 is 5.63 Å². The van der Waals surface area contributed by atoms with Crippen LogP contribution in [0.4, 0.5) is 0 Å². The molecule has 1 aromatic carbocycles. The Labute approximate surface area is 143 Å². The summed E-state index contributed by atoms with van der Waals surface area (Å²) in [4.78, 5) is 14.4. The highest BCUT2D eigenvalue weighted by atomic mass is 16.5. The third-order valence-corrected chi connectivity index (χ3v) is 4.73. The van der Waals surface area contributed by atoms with Gasteiger partial charge in [0.1, 0.15) is 5.58 Å². The van der Waals surface area contributed by atoms with Crippen LogP contribution in [0, 0.1) is 6.92 Å². The molecule has 0 amide bonds. The van der Waals surface area contributed by atoms with Gasteiger partial charge in [-0.15, -0.1) is 0 Å². The van der Waals surface area contributed by atoms with Crippen molar-refractivity contribution in [1.29, 1.82) is 0 Å². The second kappa shape index (κ2) is 6.69. The molecule has 130 valence electrons. The van der Waals surface area contributed by atoms with Gasteiger partial charge in [-0.05, 0) is 55.5 Å². The Morgan fingerprint density at radius 3 is 2.46 bits per heavy atom. The first-order valence-corrected chi connectivity index (χ1v) is 8.78. The highest BCUT2D eigenvalue weighted by Crippen LogP contribution is 2.28. The van der Waals surface area contributed by atoms with Gasteiger partial charge in [0.05, 0.1) is 12.2 Å². The van der Waals surface area contributed by atoms with Gasteiger partial charge in [-0.3, -0.25) is 4.90 Å². The highest BCUT2D eigenvalue weighted by Gasteiger charge is 2.23. The number of hydrogen-bond donors (Lipinski definition) is 0. The van der Waals surface area contributed by atoms with E-state index in [1.807, 2.05) is 6.07 Å². The zero-order valence-electron chi connectivity index (χ0n) is 15.3. The Hall–Kier alpha value is -1.65. The number of aryl methyl sites for hydroxylation is 1. The maximum atomic E-state index is 12.0. The zero-order chi connectivity index (χ0) is 17.4. The molecule has 0 bridgehead atoms. The average molecular weight is 329 g/mol. The van der Waals surface area contributed by atoms with Gasteiger partial charge >= 0.3 is 5.63 Å². The van der Waals surface area contributed by atoms with E-state index in [1.165, 1.54) is 11.1 Å². The minimum atomic E-state index is -0.274. The van der Waals surface area contributed by atoms with E-state index in [-0.39, 0.29) is 17.8 Å². The summed E-state index contributed by atoms with van der Waals surface area (Å²) in [7, 11) is 0. The molecule has 0 N–H and O–H groups in total. The highest BCUT2D eigenvalue weighted by molar-refractivity contribution is 5.82. The van der Waals surface area contributed by atoms with E-state index in [0.29, 0.717) is 11.5 Å². The van der Waals surface area contributed by atoms with Crippen molar-refractivity contribution in [3.05, 3.63) is 45.3 Å². The number of ether oxygens (including phenoxy) is 1. The molecule has 24 heavy (non-hydrogen) atoms. The number of rotatable bonds is 3. The predicted molar refractivity (Wildman–Crippen MR) is 96.6 cm³/mol. The molecule has 4 heteroatoms. The second-order valence-electron chi connectivity index (χ2n) is 7.40. The van der Waals surface area contributed by atoms with E-state index < -0.39 is 0 Å². The average Bonchev–Trinajstić information content (AvgIpc) is 2.44. The van der Waals surface area contributed by atoms with Crippen LogP contribution >= 0.6 is 0 Å². The molecule has 0 spiro atoms. The van der Waals surface area contributed by atoms with Crippen LogP contribution in [0.25, 0.3) is 11.0 Å². The minimum Gasteiger partial charge on any atom is -0.423 e. The first kappa shape index (κ1) is 17.2. The first-order chi connectivity index (χ1) is 11.3. The molecule has 1 aromatic heterocycles. The van der Waals surface area contributed by atoms with Crippen LogP contribution in [0.15, 0.2) is 27.4 Å². The molecule has 0 saturated carbocycles. The molecule has 0 radical (unpaired) electrons. The quantitative estimate of drug-likeness (QED) is 0.803. The Bertz CT molecular complexity index is 783. The van der Waals surface area contributed by atoms with Crippen LogP contribution in [0.3, 0.4) is 0 Å². The summed E-state index contributed by atoms with van der Waals surface area (Å²) in [6.45, 7) is 13.2. The molecular weight excluding hydrogens is 302 g/mol. The van der Waals surface area contributed by atoms with Crippen molar-refractivity contribution in [2.45, 2.75) is 59.3 Å². The summed E-state index contributed by atoms with van der Waals surface area (Å²) in [6, 6.07) is 5.84. The molecule has 4 nitrogen and oxygen atoms in total. The van der Waals surface area contributed by atoms with Crippen LogP contribution in [-0.2, 0) is 11.3 Å². The Balaban J connectivity index is 2.03. The van der Waals surface area contributed by atoms with Crippen LogP contribution in [0.2, 0.25) is 0 Å². The Kier molecular flexibility index (Phi) is 4.79. The molecule has 1 aliphatic rings. The summed E-state index contributed by atoms with van der Waals surface area (Å²) >= 11 is 0. The number of benzene rings is 1. The van der Waals surface area contributed by atoms with E-state index in [4.69, 9.17) is 9.15 Å². The summed E-state index contributed by atoms with van der Waals surface area (Å²) < 4.78 is 11.3. The lowest BCUT2D eigenvalue weighted by atomic mass is 9.94. The van der Waals surface area contributed by atoms with Crippen LogP contribution in [0.1, 0.15) is 50.3 Å². The first-order valence-electron chi connectivity index (χ1n) is 8.78. The molecule has 2 atom stereocenters. The van der Waals surface area contributed by atoms with Gasteiger partial charge in [0.15, 0.2) is 0 Å². The normalized spacial score (nSPS) is 22.4. The van der Waals surface area contributed by atoms with Crippen molar-refractivity contribution in [1.82, 2.24) is 4.90 Å². The maximum absolute atomic E-state index is 12.0. The van der Waals surface area contributed by atoms with Crippen molar-refractivity contribution in [2.75, 3.05) is 13.1 Å². The Morgan fingerprint density at radius 2 is 1.83 bits per heavy atom. The SMILES string of the molecule is Cc1cc2oc(=O)cc(CN3C[C@@H](C)O[C@@H](C)C3)c2cc1C(C)C. The smallest absolute Gasteiger partial charge is 0.336 e. The maximum Gasteiger partial charge on any atom is 0.336 e. The van der Waals surface area contributed by atoms with Gasteiger partial charge in [0.2, 0.25) is 0 Å². The topological polar surface area (TPSA) is 42.7 Å². The van der Waals surface area contributed by atoms with Crippen LogP contribution in [-0.4, -0.2) is 30.2 Å². The summed E-state index contributed by atoms with van der Waals surface area (Å²) in [6.07, 6.45) is 0.433. The third-order valence-electron chi connectivity index (χ3n) is 4.73. The summed E-state index contributed by atoms with van der Waals surface area (Å²) in [5, 5.41) is 1.05. The molecule has 1 aliphatic heterocycles. The van der Waals surface area contributed by atoms with Gasteiger partial charge in [-0.1, -0.05) is 13.8 Å². The van der Waals surface area contributed by atoms with E-state index in [0.717, 1.165) is 30.6 Å². The number of nitrogens with zero attached hydrogens (tertiary/aromatic N) is 1. The van der Waals surface area contributed by atoms with Gasteiger partial charge in [0, 0.05) is 31.1 Å². The number of morpholine rings is 1. The molecule has 0 aliphatic carbocycles. The Morgan fingerprint density at radius 1 is 1.17 bits per heavy atom. The van der Waals surface area contributed by atoms with Crippen molar-refractivity contribution >= 4 is 11.0 Å². The van der Waals surface area contributed by atoms with Crippen LogP contribution in [0.5, 0.6) is 0 Å².